The maximum atomic E-state index is 12.5. The molecule has 0 aliphatic carbocycles. The number of hydrogen-bond donors (Lipinski definition) is 1. The Bertz CT molecular complexity index is 909. The standard InChI is InChI=1S/C19H24O11S/c1-10-5-7-14(8-6-10)31(24,25)26-9-15-16(27-11(2)20)17(28-12(3)21)18(19(23)30-15)29-13(4)22/h5-8,15-19,23H,9H2,1-4H3/t15?,16-,17+,18?,19+/m1/s1. The molecule has 0 bridgehead atoms. The van der Waals surface area contributed by atoms with Crippen LogP contribution in [-0.2, 0) is 47.6 Å². The van der Waals surface area contributed by atoms with Crippen LogP contribution in [0.4, 0.5) is 0 Å². The predicted molar refractivity (Wildman–Crippen MR) is 102 cm³/mol. The zero-order chi connectivity index (χ0) is 23.3. The molecule has 1 heterocycles. The second kappa shape index (κ2) is 10.2. The number of rotatable bonds is 7. The van der Waals surface area contributed by atoms with Gasteiger partial charge in [-0.25, -0.2) is 0 Å². The first-order chi connectivity index (χ1) is 14.4. The van der Waals surface area contributed by atoms with Crippen molar-refractivity contribution in [2.75, 3.05) is 6.61 Å². The number of carbonyl (C=O) groups is 3. The molecule has 31 heavy (non-hydrogen) atoms. The van der Waals surface area contributed by atoms with E-state index in [4.69, 9.17) is 23.1 Å². The van der Waals surface area contributed by atoms with E-state index in [1.165, 1.54) is 12.1 Å². The third-order valence-corrected chi connectivity index (χ3v) is 5.51. The van der Waals surface area contributed by atoms with Gasteiger partial charge in [0.15, 0.2) is 24.6 Å². The van der Waals surface area contributed by atoms with Gasteiger partial charge in [-0.1, -0.05) is 17.7 Å². The van der Waals surface area contributed by atoms with Gasteiger partial charge < -0.3 is 24.1 Å². The van der Waals surface area contributed by atoms with Crippen LogP contribution in [0.1, 0.15) is 26.3 Å². The smallest absolute Gasteiger partial charge is 0.303 e. The van der Waals surface area contributed by atoms with Crippen LogP contribution < -0.4 is 0 Å². The molecule has 0 amide bonds. The minimum Gasteiger partial charge on any atom is -0.456 e. The molecule has 172 valence electrons. The van der Waals surface area contributed by atoms with Gasteiger partial charge in [-0.15, -0.1) is 0 Å². The van der Waals surface area contributed by atoms with Crippen molar-refractivity contribution in [1.29, 1.82) is 0 Å². The molecule has 1 aromatic carbocycles. The highest BCUT2D eigenvalue weighted by atomic mass is 32.2. The first kappa shape index (κ1) is 24.7. The fourth-order valence-corrected chi connectivity index (χ4v) is 3.85. The van der Waals surface area contributed by atoms with Crippen molar-refractivity contribution in [3.63, 3.8) is 0 Å². The molecule has 1 N–H and O–H groups in total. The lowest BCUT2D eigenvalue weighted by Crippen LogP contribution is -2.62. The van der Waals surface area contributed by atoms with Crippen molar-refractivity contribution in [3.05, 3.63) is 29.8 Å². The fraction of sp³-hybridized carbons (Fsp3) is 0.526. The van der Waals surface area contributed by atoms with Crippen molar-refractivity contribution in [3.8, 4) is 0 Å². The van der Waals surface area contributed by atoms with Gasteiger partial charge in [-0.3, -0.25) is 18.6 Å². The summed E-state index contributed by atoms with van der Waals surface area (Å²) in [5, 5.41) is 10.3. The first-order valence-corrected chi connectivity index (χ1v) is 10.6. The van der Waals surface area contributed by atoms with Gasteiger partial charge in [0.05, 0.1) is 11.5 Å². The van der Waals surface area contributed by atoms with Crippen LogP contribution in [0.3, 0.4) is 0 Å². The van der Waals surface area contributed by atoms with E-state index < -0.39 is 65.3 Å². The lowest BCUT2D eigenvalue weighted by atomic mass is 9.98. The van der Waals surface area contributed by atoms with E-state index in [0.29, 0.717) is 0 Å². The number of esters is 3. The molecule has 2 unspecified atom stereocenters. The van der Waals surface area contributed by atoms with E-state index in [0.717, 1.165) is 26.3 Å². The van der Waals surface area contributed by atoms with Gasteiger partial charge in [0.25, 0.3) is 10.1 Å². The molecular weight excluding hydrogens is 436 g/mol. The maximum Gasteiger partial charge on any atom is 0.303 e. The summed E-state index contributed by atoms with van der Waals surface area (Å²) in [5.41, 5.74) is 0.841. The van der Waals surface area contributed by atoms with Crippen LogP contribution in [0.15, 0.2) is 29.2 Å². The summed E-state index contributed by atoms with van der Waals surface area (Å²) in [7, 11) is -4.21. The highest BCUT2D eigenvalue weighted by Crippen LogP contribution is 2.29. The van der Waals surface area contributed by atoms with Crippen LogP contribution in [0.2, 0.25) is 0 Å². The molecule has 5 atom stereocenters. The Morgan fingerprint density at radius 3 is 1.90 bits per heavy atom. The van der Waals surface area contributed by atoms with E-state index in [1.54, 1.807) is 19.1 Å². The molecule has 0 aromatic heterocycles. The molecule has 12 heteroatoms. The van der Waals surface area contributed by atoms with E-state index in [9.17, 15) is 27.9 Å². The summed E-state index contributed by atoms with van der Waals surface area (Å²) in [5.74, 6) is -2.45. The fourth-order valence-electron chi connectivity index (χ4n) is 2.94. The molecule has 1 aromatic rings. The number of ether oxygens (including phenoxy) is 4. The molecule has 0 radical (unpaired) electrons. The zero-order valence-corrected chi connectivity index (χ0v) is 18.2. The maximum absolute atomic E-state index is 12.5. The number of carbonyl (C=O) groups excluding carboxylic acids is 3. The van der Waals surface area contributed by atoms with Crippen LogP contribution in [0, 0.1) is 6.92 Å². The molecule has 0 spiro atoms. The minimum absolute atomic E-state index is 0.118. The summed E-state index contributed by atoms with van der Waals surface area (Å²) >= 11 is 0. The van der Waals surface area contributed by atoms with Gasteiger partial charge >= 0.3 is 17.9 Å². The highest BCUT2D eigenvalue weighted by molar-refractivity contribution is 7.86. The molecule has 1 saturated heterocycles. The Balaban J connectivity index is 2.29. The largest absolute Gasteiger partial charge is 0.456 e. The Morgan fingerprint density at radius 2 is 1.39 bits per heavy atom. The van der Waals surface area contributed by atoms with Crippen LogP contribution in [0.5, 0.6) is 0 Å². The van der Waals surface area contributed by atoms with Crippen molar-refractivity contribution in [1.82, 2.24) is 0 Å². The summed E-state index contributed by atoms with van der Waals surface area (Å²) in [6, 6.07) is 5.87. The van der Waals surface area contributed by atoms with Crippen molar-refractivity contribution in [2.45, 2.75) is 63.3 Å². The molecule has 11 nitrogen and oxygen atoms in total. The number of benzene rings is 1. The summed E-state index contributed by atoms with van der Waals surface area (Å²) in [6.07, 6.45) is -7.59. The van der Waals surface area contributed by atoms with Crippen LogP contribution >= 0.6 is 0 Å². The summed E-state index contributed by atoms with van der Waals surface area (Å²) in [6.45, 7) is 4.28. The minimum atomic E-state index is -4.21. The SMILES string of the molecule is CC(=O)OC1[C@@H](OC(C)=O)[C@H](OC(C)=O)C(COS(=O)(=O)c2ccc(C)cc2)O[C@@H]1O. The van der Waals surface area contributed by atoms with Crippen molar-refractivity contribution < 1.29 is 51.0 Å². The van der Waals surface area contributed by atoms with Gasteiger partial charge in [0.1, 0.15) is 6.10 Å². The molecule has 1 aliphatic heterocycles. The van der Waals surface area contributed by atoms with Crippen molar-refractivity contribution in [2.24, 2.45) is 0 Å². The van der Waals surface area contributed by atoms with E-state index in [-0.39, 0.29) is 4.90 Å². The second-order valence-corrected chi connectivity index (χ2v) is 8.45. The lowest BCUT2D eigenvalue weighted by molar-refractivity contribution is -0.294. The van der Waals surface area contributed by atoms with Gasteiger partial charge in [0.2, 0.25) is 0 Å². The van der Waals surface area contributed by atoms with Gasteiger partial charge in [-0.2, -0.15) is 8.42 Å². The molecular formula is C19H24O11S. The number of hydrogen-bond acceptors (Lipinski definition) is 11. The summed E-state index contributed by atoms with van der Waals surface area (Å²) < 4.78 is 50.5. The Morgan fingerprint density at radius 1 is 0.903 bits per heavy atom. The molecule has 1 fully saturated rings. The average Bonchev–Trinajstić information content (AvgIpc) is 2.65. The number of aliphatic hydroxyl groups is 1. The van der Waals surface area contributed by atoms with Crippen LogP contribution in [-0.4, -0.2) is 68.7 Å². The predicted octanol–water partition coefficient (Wildman–Crippen LogP) is 0.213. The van der Waals surface area contributed by atoms with E-state index >= 15 is 0 Å². The monoisotopic (exact) mass is 460 g/mol. The van der Waals surface area contributed by atoms with E-state index in [1.807, 2.05) is 0 Å². The lowest BCUT2D eigenvalue weighted by Gasteiger charge is -2.42. The first-order valence-electron chi connectivity index (χ1n) is 9.22. The van der Waals surface area contributed by atoms with Gasteiger partial charge in [-0.05, 0) is 19.1 Å². The molecule has 0 saturated carbocycles. The third-order valence-electron chi connectivity index (χ3n) is 4.21. The number of aliphatic hydroxyl groups excluding tert-OH is 1. The van der Waals surface area contributed by atoms with Gasteiger partial charge in [0, 0.05) is 20.8 Å². The van der Waals surface area contributed by atoms with Crippen molar-refractivity contribution >= 4 is 28.0 Å². The Hall–Kier alpha value is -2.54. The average molecular weight is 460 g/mol. The highest BCUT2D eigenvalue weighted by Gasteiger charge is 2.51. The number of aryl methyl sites for hydroxylation is 1. The normalized spacial score (nSPS) is 26.0. The molecule has 2 rings (SSSR count). The third kappa shape index (κ3) is 6.72. The summed E-state index contributed by atoms with van der Waals surface area (Å²) in [4.78, 5) is 34.4. The Kier molecular flexibility index (Phi) is 8.12. The quantitative estimate of drug-likeness (QED) is 0.338. The molecule has 1 aliphatic rings. The van der Waals surface area contributed by atoms with Crippen LogP contribution in [0.25, 0.3) is 0 Å². The second-order valence-electron chi connectivity index (χ2n) is 6.84. The topological polar surface area (TPSA) is 152 Å². The zero-order valence-electron chi connectivity index (χ0n) is 17.3. The Labute approximate surface area is 179 Å². The van der Waals surface area contributed by atoms with E-state index in [2.05, 4.69) is 0 Å².